The van der Waals surface area contributed by atoms with Crippen LogP contribution in [0.4, 0.5) is 0 Å². The lowest BCUT2D eigenvalue weighted by Crippen LogP contribution is -2.38. The summed E-state index contributed by atoms with van der Waals surface area (Å²) in [5.74, 6) is 0.436. The summed E-state index contributed by atoms with van der Waals surface area (Å²) >= 11 is 0. The van der Waals surface area contributed by atoms with Crippen molar-refractivity contribution >= 4 is 0 Å². The summed E-state index contributed by atoms with van der Waals surface area (Å²) < 4.78 is 11.6. The van der Waals surface area contributed by atoms with E-state index in [1.54, 1.807) is 0 Å². The Morgan fingerprint density at radius 1 is 0.944 bits per heavy atom. The fraction of sp³-hybridized carbons (Fsp3) is 1.00. The van der Waals surface area contributed by atoms with Gasteiger partial charge in [0.25, 0.3) is 0 Å². The summed E-state index contributed by atoms with van der Waals surface area (Å²) in [5, 5.41) is 20.0. The molecule has 4 nitrogen and oxygen atoms in total. The highest BCUT2D eigenvalue weighted by molar-refractivity contribution is 4.96. The Morgan fingerprint density at radius 3 is 2.28 bits per heavy atom. The van der Waals surface area contributed by atoms with Crippen molar-refractivity contribution < 1.29 is 19.7 Å². The van der Waals surface area contributed by atoms with Crippen molar-refractivity contribution in [2.24, 2.45) is 5.92 Å². The topological polar surface area (TPSA) is 58.9 Å². The van der Waals surface area contributed by atoms with Crippen LogP contribution in [0.2, 0.25) is 0 Å². The van der Waals surface area contributed by atoms with Crippen LogP contribution in [0.1, 0.15) is 44.9 Å². The summed E-state index contributed by atoms with van der Waals surface area (Å²) in [6.07, 6.45) is 6.49. The Hall–Kier alpha value is -0.160. The van der Waals surface area contributed by atoms with Crippen LogP contribution in [0.15, 0.2) is 0 Å². The molecule has 4 heteroatoms. The van der Waals surface area contributed by atoms with Gasteiger partial charge in [0.15, 0.2) is 0 Å². The zero-order valence-electron chi connectivity index (χ0n) is 10.8. The van der Waals surface area contributed by atoms with E-state index in [2.05, 4.69) is 0 Å². The Balaban J connectivity index is 1.49. The van der Waals surface area contributed by atoms with Crippen LogP contribution in [-0.4, -0.2) is 47.3 Å². The van der Waals surface area contributed by atoms with Gasteiger partial charge >= 0.3 is 0 Å². The van der Waals surface area contributed by atoms with E-state index < -0.39 is 12.2 Å². The molecule has 0 amide bonds. The van der Waals surface area contributed by atoms with Gasteiger partial charge in [-0.1, -0.05) is 19.3 Å². The van der Waals surface area contributed by atoms with E-state index in [4.69, 9.17) is 9.47 Å². The highest BCUT2D eigenvalue weighted by Gasteiger charge is 2.47. The van der Waals surface area contributed by atoms with Gasteiger partial charge in [-0.25, -0.2) is 0 Å². The van der Waals surface area contributed by atoms with Gasteiger partial charge in [0, 0.05) is 0 Å². The number of hydrogen-bond donors (Lipinski definition) is 2. The predicted molar refractivity (Wildman–Crippen MR) is 66.2 cm³/mol. The maximum atomic E-state index is 10.0. The van der Waals surface area contributed by atoms with Crippen molar-refractivity contribution in [1.29, 1.82) is 0 Å². The molecular formula is C14H24O4. The number of aliphatic hydroxyl groups is 2. The molecule has 18 heavy (non-hydrogen) atoms. The quantitative estimate of drug-likeness (QED) is 0.794. The SMILES string of the molecule is OC1C(COC2CCCC2)OC(C2CCC2)C1O. The van der Waals surface area contributed by atoms with Gasteiger partial charge in [0.1, 0.15) is 18.3 Å². The maximum absolute atomic E-state index is 10.0. The fourth-order valence-corrected chi connectivity index (χ4v) is 3.36. The lowest BCUT2D eigenvalue weighted by atomic mass is 9.79. The van der Waals surface area contributed by atoms with Crippen molar-refractivity contribution in [3.05, 3.63) is 0 Å². The number of hydrogen-bond acceptors (Lipinski definition) is 4. The van der Waals surface area contributed by atoms with E-state index in [1.807, 2.05) is 0 Å². The minimum atomic E-state index is -0.781. The van der Waals surface area contributed by atoms with Crippen LogP contribution in [0.3, 0.4) is 0 Å². The molecule has 0 bridgehead atoms. The summed E-state index contributed by atoms with van der Waals surface area (Å²) in [6, 6.07) is 0. The summed E-state index contributed by atoms with van der Waals surface area (Å²) in [5.41, 5.74) is 0. The molecule has 1 aliphatic heterocycles. The van der Waals surface area contributed by atoms with Crippen LogP contribution in [0.5, 0.6) is 0 Å². The summed E-state index contributed by atoms with van der Waals surface area (Å²) in [6.45, 7) is 0.423. The largest absolute Gasteiger partial charge is 0.388 e. The Morgan fingerprint density at radius 2 is 1.67 bits per heavy atom. The highest BCUT2D eigenvalue weighted by Crippen LogP contribution is 2.38. The third kappa shape index (κ3) is 2.44. The number of aliphatic hydroxyl groups excluding tert-OH is 2. The minimum absolute atomic E-state index is 0.175. The van der Waals surface area contributed by atoms with Crippen molar-refractivity contribution in [3.63, 3.8) is 0 Å². The molecule has 3 aliphatic rings. The fourth-order valence-electron chi connectivity index (χ4n) is 3.36. The van der Waals surface area contributed by atoms with Crippen LogP contribution in [0, 0.1) is 5.92 Å². The van der Waals surface area contributed by atoms with Crippen molar-refractivity contribution in [2.75, 3.05) is 6.61 Å². The molecule has 2 saturated carbocycles. The van der Waals surface area contributed by atoms with Gasteiger partial charge in [-0.15, -0.1) is 0 Å². The molecule has 3 rings (SSSR count). The second kappa shape index (κ2) is 5.45. The molecule has 4 unspecified atom stereocenters. The van der Waals surface area contributed by atoms with Crippen LogP contribution >= 0.6 is 0 Å². The van der Waals surface area contributed by atoms with E-state index in [0.29, 0.717) is 18.6 Å². The first-order valence-corrected chi connectivity index (χ1v) is 7.39. The third-order valence-corrected chi connectivity index (χ3v) is 4.81. The van der Waals surface area contributed by atoms with Gasteiger partial charge < -0.3 is 19.7 Å². The molecule has 0 spiro atoms. The average Bonchev–Trinajstić information content (AvgIpc) is 2.89. The second-order valence-corrected chi connectivity index (χ2v) is 6.05. The average molecular weight is 256 g/mol. The van der Waals surface area contributed by atoms with E-state index in [9.17, 15) is 10.2 Å². The summed E-state index contributed by atoms with van der Waals surface area (Å²) in [4.78, 5) is 0. The van der Waals surface area contributed by atoms with Gasteiger partial charge in [0.05, 0.1) is 18.8 Å². The van der Waals surface area contributed by atoms with Gasteiger partial charge in [0.2, 0.25) is 0 Å². The third-order valence-electron chi connectivity index (χ3n) is 4.81. The zero-order chi connectivity index (χ0) is 12.5. The smallest absolute Gasteiger partial charge is 0.111 e. The van der Waals surface area contributed by atoms with Gasteiger partial charge in [-0.2, -0.15) is 0 Å². The molecular weight excluding hydrogens is 232 g/mol. The first kappa shape index (κ1) is 12.9. The van der Waals surface area contributed by atoms with E-state index in [0.717, 1.165) is 25.7 Å². The number of ether oxygens (including phenoxy) is 2. The highest BCUT2D eigenvalue weighted by atomic mass is 16.6. The Kier molecular flexibility index (Phi) is 3.89. The molecule has 4 atom stereocenters. The van der Waals surface area contributed by atoms with Crippen LogP contribution in [0.25, 0.3) is 0 Å². The number of rotatable bonds is 4. The molecule has 1 heterocycles. The first-order valence-electron chi connectivity index (χ1n) is 7.39. The van der Waals surface area contributed by atoms with Crippen molar-refractivity contribution in [2.45, 2.75) is 75.5 Å². The van der Waals surface area contributed by atoms with Crippen LogP contribution < -0.4 is 0 Å². The zero-order valence-corrected chi connectivity index (χ0v) is 10.8. The molecule has 0 aromatic rings. The van der Waals surface area contributed by atoms with Crippen LogP contribution in [-0.2, 0) is 9.47 Å². The molecule has 1 saturated heterocycles. The van der Waals surface area contributed by atoms with Gasteiger partial charge in [-0.05, 0) is 31.6 Å². The van der Waals surface area contributed by atoms with E-state index >= 15 is 0 Å². The van der Waals surface area contributed by atoms with Crippen molar-refractivity contribution in [1.82, 2.24) is 0 Å². The van der Waals surface area contributed by atoms with E-state index in [-0.39, 0.29) is 12.2 Å². The molecule has 3 fully saturated rings. The molecule has 0 radical (unpaired) electrons. The van der Waals surface area contributed by atoms with E-state index in [1.165, 1.54) is 19.3 Å². The lowest BCUT2D eigenvalue weighted by molar-refractivity contribution is -0.0831. The second-order valence-electron chi connectivity index (χ2n) is 6.05. The Bertz CT molecular complexity index is 273. The lowest BCUT2D eigenvalue weighted by Gasteiger charge is -2.32. The molecule has 0 aromatic heterocycles. The molecule has 104 valence electrons. The summed E-state index contributed by atoms with van der Waals surface area (Å²) in [7, 11) is 0. The standard InChI is InChI=1S/C14H24O4/c15-12-11(8-17-10-6-1-2-7-10)18-14(13(12)16)9-4-3-5-9/h9-16H,1-8H2. The van der Waals surface area contributed by atoms with Gasteiger partial charge in [-0.3, -0.25) is 0 Å². The molecule has 2 aliphatic carbocycles. The monoisotopic (exact) mass is 256 g/mol. The molecule has 0 aromatic carbocycles. The molecule has 2 N–H and O–H groups in total. The first-order chi connectivity index (χ1) is 8.75. The maximum Gasteiger partial charge on any atom is 0.111 e. The minimum Gasteiger partial charge on any atom is -0.388 e. The predicted octanol–water partition coefficient (Wildman–Crippen LogP) is 1.23. The normalized spacial score (nSPS) is 42.3. The van der Waals surface area contributed by atoms with Crippen molar-refractivity contribution in [3.8, 4) is 0 Å². The Labute approximate surface area is 108 Å².